The zero-order valence-electron chi connectivity index (χ0n) is 26.6. The van der Waals surface area contributed by atoms with Gasteiger partial charge in [0.1, 0.15) is 18.1 Å². The number of rotatable bonds is 9. The van der Waals surface area contributed by atoms with Crippen molar-refractivity contribution in [2.75, 3.05) is 31.6 Å². The molecular weight excluding hydrogens is 570 g/mol. The van der Waals surface area contributed by atoms with Crippen LogP contribution in [0.3, 0.4) is 0 Å². The number of amides is 2. The van der Waals surface area contributed by atoms with E-state index in [1.807, 2.05) is 54.3 Å². The highest BCUT2D eigenvalue weighted by atomic mass is 16.5. The Bertz CT molecular complexity index is 1500. The van der Waals surface area contributed by atoms with Crippen molar-refractivity contribution < 1.29 is 28.3 Å². The number of aldehydes is 1. The van der Waals surface area contributed by atoms with Crippen molar-refractivity contribution in [1.82, 2.24) is 9.80 Å². The predicted octanol–water partition coefficient (Wildman–Crippen LogP) is 5.39. The molecule has 6 rings (SSSR count). The molecule has 45 heavy (non-hydrogen) atoms. The summed E-state index contributed by atoms with van der Waals surface area (Å²) in [7, 11) is 0. The number of furan rings is 1. The van der Waals surface area contributed by atoms with Gasteiger partial charge in [0.2, 0.25) is 5.91 Å². The molecule has 240 valence electrons. The number of hydrogen-bond acceptors (Lipinski definition) is 7. The summed E-state index contributed by atoms with van der Waals surface area (Å²) in [5, 5.41) is 3.78. The standard InChI is InChI=1S/C36H45N3O6/c1-23-14-27(10-13-33(23)37-36(42)32-22-44-34-7-5-4-6-31(32)34)15-35(41)39-19-28(38-17-24(2)45-25(3)18-38)16-29(39)21-43-30-11-8-26(20-40)9-12-30/h4-7,10,13-14,20,22,24-26,28-30H,8-9,11-12,15-19,21H2,1-3H3,(H,37,42)/t24-,25+,26-,28-,29-,30-/m0/s1. The minimum atomic E-state index is -0.232. The molecule has 9 nitrogen and oxygen atoms in total. The Morgan fingerprint density at radius 1 is 1.02 bits per heavy atom. The van der Waals surface area contributed by atoms with Gasteiger partial charge in [-0.2, -0.15) is 0 Å². The van der Waals surface area contributed by atoms with Crippen molar-refractivity contribution >= 4 is 34.8 Å². The van der Waals surface area contributed by atoms with Crippen LogP contribution in [-0.4, -0.2) is 84.5 Å². The van der Waals surface area contributed by atoms with Gasteiger partial charge >= 0.3 is 0 Å². The molecular formula is C36H45N3O6. The van der Waals surface area contributed by atoms with Crippen molar-refractivity contribution in [3.8, 4) is 0 Å². The number of nitrogens with zero attached hydrogens (tertiary/aromatic N) is 2. The second kappa shape index (κ2) is 13.8. The molecule has 4 atom stereocenters. The van der Waals surface area contributed by atoms with E-state index in [1.54, 1.807) is 0 Å². The Balaban J connectivity index is 1.11. The van der Waals surface area contributed by atoms with Crippen molar-refractivity contribution in [2.45, 2.75) is 89.7 Å². The molecule has 9 heteroatoms. The Morgan fingerprint density at radius 3 is 2.51 bits per heavy atom. The molecule has 0 spiro atoms. The summed E-state index contributed by atoms with van der Waals surface area (Å²) < 4.78 is 17.9. The second-order valence-electron chi connectivity index (χ2n) is 13.2. The van der Waals surface area contributed by atoms with Gasteiger partial charge in [-0.15, -0.1) is 0 Å². The van der Waals surface area contributed by atoms with E-state index >= 15 is 0 Å². The quantitative estimate of drug-likeness (QED) is 0.322. The summed E-state index contributed by atoms with van der Waals surface area (Å²) in [6.45, 7) is 9.09. The Kier molecular flexibility index (Phi) is 9.68. The number of nitrogens with one attached hydrogen (secondary N) is 1. The fraction of sp³-hybridized carbons (Fsp3) is 0.528. The van der Waals surface area contributed by atoms with E-state index in [1.165, 1.54) is 6.26 Å². The summed E-state index contributed by atoms with van der Waals surface area (Å²) in [6.07, 6.45) is 7.73. The van der Waals surface area contributed by atoms with Gasteiger partial charge in [0.15, 0.2) is 0 Å². The van der Waals surface area contributed by atoms with E-state index in [9.17, 15) is 14.4 Å². The van der Waals surface area contributed by atoms with Gasteiger partial charge in [-0.1, -0.05) is 30.3 Å². The lowest BCUT2D eigenvalue weighted by Crippen LogP contribution is -2.51. The molecule has 3 fully saturated rings. The van der Waals surface area contributed by atoms with Crippen LogP contribution in [0.1, 0.15) is 67.4 Å². The monoisotopic (exact) mass is 615 g/mol. The van der Waals surface area contributed by atoms with Gasteiger partial charge in [-0.3, -0.25) is 14.5 Å². The molecule has 1 N–H and O–H groups in total. The molecule has 1 aromatic heterocycles. The Hall–Kier alpha value is -3.53. The third-order valence-corrected chi connectivity index (χ3v) is 9.73. The van der Waals surface area contributed by atoms with Gasteiger partial charge in [0.05, 0.1) is 42.9 Å². The van der Waals surface area contributed by atoms with Crippen LogP contribution in [0.4, 0.5) is 5.69 Å². The number of anilines is 1. The number of morpholine rings is 1. The number of carbonyl (C=O) groups is 3. The molecule has 2 aliphatic heterocycles. The lowest BCUT2D eigenvalue weighted by atomic mass is 9.88. The second-order valence-corrected chi connectivity index (χ2v) is 13.2. The topological polar surface area (TPSA) is 101 Å². The molecule has 2 amide bonds. The fourth-order valence-electron chi connectivity index (χ4n) is 7.37. The molecule has 1 saturated carbocycles. The first-order valence-corrected chi connectivity index (χ1v) is 16.4. The van der Waals surface area contributed by atoms with Crippen molar-refractivity contribution in [2.24, 2.45) is 5.92 Å². The molecule has 3 heterocycles. The molecule has 0 unspecified atom stereocenters. The first-order chi connectivity index (χ1) is 21.8. The molecule has 3 aliphatic rings. The average Bonchev–Trinajstić information content (AvgIpc) is 3.66. The normalized spacial score (nSPS) is 27.5. The SMILES string of the molecule is Cc1cc(CC(=O)N2C[C@@H](N3C[C@@H](C)O[C@@H](C)C3)C[C@H]2CO[C@H]2CC[C@H](C=O)CC2)ccc1NC(=O)c1coc2ccccc12. The summed E-state index contributed by atoms with van der Waals surface area (Å²) in [4.78, 5) is 42.6. The van der Waals surface area contributed by atoms with E-state index in [2.05, 4.69) is 24.1 Å². The number of carbonyl (C=O) groups excluding carboxylic acids is 3. The van der Waals surface area contributed by atoms with Crippen LogP contribution in [0.5, 0.6) is 0 Å². The van der Waals surface area contributed by atoms with Gasteiger partial charge in [0, 0.05) is 42.7 Å². The van der Waals surface area contributed by atoms with Gasteiger partial charge < -0.3 is 28.9 Å². The summed E-state index contributed by atoms with van der Waals surface area (Å²) >= 11 is 0. The van der Waals surface area contributed by atoms with E-state index < -0.39 is 0 Å². The smallest absolute Gasteiger partial charge is 0.259 e. The Morgan fingerprint density at radius 2 is 1.78 bits per heavy atom. The number of ether oxygens (including phenoxy) is 2. The average molecular weight is 616 g/mol. The zero-order chi connectivity index (χ0) is 31.5. The Labute approximate surface area is 265 Å². The van der Waals surface area contributed by atoms with Gasteiger partial charge in [0.25, 0.3) is 5.91 Å². The molecule has 0 bridgehead atoms. The van der Waals surface area contributed by atoms with Crippen LogP contribution in [0.25, 0.3) is 11.0 Å². The highest BCUT2D eigenvalue weighted by Gasteiger charge is 2.40. The predicted molar refractivity (Wildman–Crippen MR) is 172 cm³/mol. The number of para-hydroxylation sites is 1. The summed E-state index contributed by atoms with van der Waals surface area (Å²) in [5.74, 6) is 0.00757. The van der Waals surface area contributed by atoms with Gasteiger partial charge in [-0.25, -0.2) is 0 Å². The molecule has 1 aliphatic carbocycles. The minimum Gasteiger partial charge on any atom is -0.463 e. The van der Waals surface area contributed by atoms with E-state index in [-0.39, 0.29) is 54.5 Å². The van der Waals surface area contributed by atoms with Crippen LogP contribution in [0, 0.1) is 12.8 Å². The van der Waals surface area contributed by atoms with Crippen LogP contribution in [-0.2, 0) is 25.5 Å². The van der Waals surface area contributed by atoms with E-state index in [0.29, 0.717) is 30.0 Å². The van der Waals surface area contributed by atoms with Crippen LogP contribution in [0.15, 0.2) is 53.1 Å². The van der Waals surface area contributed by atoms with Crippen molar-refractivity contribution in [3.05, 3.63) is 65.4 Å². The molecule has 2 saturated heterocycles. The van der Waals surface area contributed by atoms with Crippen molar-refractivity contribution in [3.63, 3.8) is 0 Å². The zero-order valence-corrected chi connectivity index (χ0v) is 26.6. The van der Waals surface area contributed by atoms with E-state index in [4.69, 9.17) is 13.9 Å². The van der Waals surface area contributed by atoms with Crippen LogP contribution >= 0.6 is 0 Å². The van der Waals surface area contributed by atoms with Crippen LogP contribution in [0.2, 0.25) is 0 Å². The molecule has 3 aromatic rings. The van der Waals surface area contributed by atoms with E-state index in [0.717, 1.165) is 68.0 Å². The number of likely N-dealkylation sites (tertiary alicyclic amines) is 1. The first-order valence-electron chi connectivity index (χ1n) is 16.4. The maximum atomic E-state index is 13.9. The number of hydrogen-bond donors (Lipinski definition) is 1. The molecule has 0 radical (unpaired) electrons. The lowest BCUT2D eigenvalue weighted by Gasteiger charge is -2.38. The fourth-order valence-corrected chi connectivity index (χ4v) is 7.37. The number of benzene rings is 2. The van der Waals surface area contributed by atoms with Gasteiger partial charge in [-0.05, 0) is 76.1 Å². The summed E-state index contributed by atoms with van der Waals surface area (Å²) in [5.41, 5.74) is 3.66. The lowest BCUT2D eigenvalue weighted by molar-refractivity contribution is -0.133. The first kappa shape index (κ1) is 31.5. The third kappa shape index (κ3) is 7.32. The number of aryl methyl sites for hydroxylation is 1. The minimum absolute atomic E-state index is 0.00388. The largest absolute Gasteiger partial charge is 0.463 e. The number of fused-ring (bicyclic) bond motifs is 1. The maximum Gasteiger partial charge on any atom is 0.259 e. The summed E-state index contributed by atoms with van der Waals surface area (Å²) in [6, 6.07) is 13.5. The molecule has 2 aromatic carbocycles. The third-order valence-electron chi connectivity index (χ3n) is 9.73. The highest BCUT2D eigenvalue weighted by Crippen LogP contribution is 2.30. The van der Waals surface area contributed by atoms with Crippen LogP contribution < -0.4 is 5.32 Å². The maximum absolute atomic E-state index is 13.9. The highest BCUT2D eigenvalue weighted by molar-refractivity contribution is 6.12. The van der Waals surface area contributed by atoms with Crippen molar-refractivity contribution in [1.29, 1.82) is 0 Å².